The molecule has 1 amide bonds. The Balaban J connectivity index is 1.55. The molecular weight excluding hydrogens is 501 g/mol. The first-order valence-electron chi connectivity index (χ1n) is 10.3. The second-order valence-electron chi connectivity index (χ2n) is 7.71. The molecule has 1 atom stereocenters. The second kappa shape index (κ2) is 10.1. The van der Waals surface area contributed by atoms with E-state index in [0.717, 1.165) is 16.8 Å². The number of carbonyl (C=O) groups is 2. The van der Waals surface area contributed by atoms with Crippen LogP contribution < -0.4 is 10.6 Å². The molecule has 2 aromatic carbocycles. The molecule has 2 aromatic heterocycles. The average molecular weight is 521 g/mol. The van der Waals surface area contributed by atoms with Crippen LogP contribution in [0.2, 0.25) is 0 Å². The molecule has 35 heavy (non-hydrogen) atoms. The first-order valence-corrected chi connectivity index (χ1v) is 12.1. The quantitative estimate of drug-likeness (QED) is 0.270. The lowest BCUT2D eigenvalue weighted by molar-refractivity contribution is -0.137. The predicted molar refractivity (Wildman–Crippen MR) is 129 cm³/mol. The Morgan fingerprint density at radius 2 is 1.94 bits per heavy atom. The van der Waals surface area contributed by atoms with Gasteiger partial charge < -0.3 is 15.2 Å². The van der Waals surface area contributed by atoms with Crippen molar-refractivity contribution in [2.45, 2.75) is 18.0 Å². The van der Waals surface area contributed by atoms with Gasteiger partial charge in [0.05, 0.1) is 26.7 Å². The van der Waals surface area contributed by atoms with Gasteiger partial charge in [0.25, 0.3) is 5.91 Å². The lowest BCUT2D eigenvalue weighted by Gasteiger charge is -2.29. The smallest absolute Gasteiger partial charge is 0.396 e. The zero-order valence-corrected chi connectivity index (χ0v) is 19.6. The van der Waals surface area contributed by atoms with Gasteiger partial charge in [0.15, 0.2) is 5.13 Å². The van der Waals surface area contributed by atoms with Gasteiger partial charge in [0, 0.05) is 24.2 Å². The molecule has 0 aliphatic rings. The van der Waals surface area contributed by atoms with Gasteiger partial charge in [-0.15, -0.1) is 11.3 Å². The van der Waals surface area contributed by atoms with Crippen LogP contribution >= 0.6 is 22.7 Å². The van der Waals surface area contributed by atoms with Crippen molar-refractivity contribution in [2.75, 3.05) is 23.8 Å². The number of thiazole rings is 2. The summed E-state index contributed by atoms with van der Waals surface area (Å²) in [5.74, 6) is -0.371. The number of nitrogens with one attached hydrogen (secondary N) is 2. The highest BCUT2D eigenvalue weighted by atomic mass is 32.1. The number of rotatable bonds is 9. The van der Waals surface area contributed by atoms with Crippen molar-refractivity contribution >= 4 is 55.9 Å². The van der Waals surface area contributed by atoms with Crippen molar-refractivity contribution < 1.29 is 27.9 Å². The maximum Gasteiger partial charge on any atom is 0.416 e. The van der Waals surface area contributed by atoms with E-state index in [-0.39, 0.29) is 31.0 Å². The summed E-state index contributed by atoms with van der Waals surface area (Å²) in [7, 11) is 0. The molecule has 0 aliphatic carbocycles. The lowest BCUT2D eigenvalue weighted by atomic mass is 9.78. The molecule has 12 heteroatoms. The molecular formula is C23H19F3N4O3S2. The SMILES string of the molecule is O=CC(CCO)(CNc1ccc2nc(NC(=O)c3cscn3)sc2c1)c1cccc(C(F)(F)F)c1. The van der Waals surface area contributed by atoms with Gasteiger partial charge in [-0.3, -0.25) is 10.1 Å². The summed E-state index contributed by atoms with van der Waals surface area (Å²) < 4.78 is 40.4. The first-order chi connectivity index (χ1) is 16.7. The van der Waals surface area contributed by atoms with Crippen LogP contribution in [0.25, 0.3) is 10.2 Å². The highest BCUT2D eigenvalue weighted by Gasteiger charge is 2.36. The van der Waals surface area contributed by atoms with E-state index in [1.807, 2.05) is 0 Å². The summed E-state index contributed by atoms with van der Waals surface area (Å²) in [5, 5.41) is 17.4. The summed E-state index contributed by atoms with van der Waals surface area (Å²) in [5.41, 5.74) is 1.03. The van der Waals surface area contributed by atoms with Crippen LogP contribution in [0, 0.1) is 0 Å². The van der Waals surface area contributed by atoms with Crippen LogP contribution in [0.15, 0.2) is 53.4 Å². The minimum atomic E-state index is -4.55. The summed E-state index contributed by atoms with van der Waals surface area (Å²) >= 11 is 2.55. The molecule has 0 saturated heterocycles. The Kier molecular flexibility index (Phi) is 7.15. The average Bonchev–Trinajstić information content (AvgIpc) is 3.51. The third-order valence-corrected chi connectivity index (χ3v) is 6.95. The van der Waals surface area contributed by atoms with Gasteiger partial charge in [-0.1, -0.05) is 29.5 Å². The number of aldehydes is 1. The minimum Gasteiger partial charge on any atom is -0.396 e. The summed E-state index contributed by atoms with van der Waals surface area (Å²) in [6, 6.07) is 9.79. The number of halogens is 3. The Hall–Kier alpha value is -3.35. The van der Waals surface area contributed by atoms with Gasteiger partial charge in [0.2, 0.25) is 0 Å². The Labute approximate surface area is 205 Å². The normalized spacial score (nSPS) is 13.4. The Morgan fingerprint density at radius 1 is 1.14 bits per heavy atom. The van der Waals surface area contributed by atoms with Crippen molar-refractivity contribution in [3.05, 3.63) is 70.2 Å². The fraction of sp³-hybridized carbons (Fsp3) is 0.217. The fourth-order valence-corrected chi connectivity index (χ4v) is 4.97. The number of carbonyl (C=O) groups excluding carboxylic acids is 2. The number of nitrogens with zero attached hydrogens (tertiary/aromatic N) is 2. The molecule has 0 bridgehead atoms. The molecule has 0 fully saturated rings. The maximum absolute atomic E-state index is 13.2. The zero-order valence-electron chi connectivity index (χ0n) is 18.0. The predicted octanol–water partition coefficient (Wildman–Crippen LogP) is 4.96. The monoisotopic (exact) mass is 520 g/mol. The van der Waals surface area contributed by atoms with Crippen LogP contribution in [0.3, 0.4) is 0 Å². The molecule has 0 saturated carbocycles. The Bertz CT molecular complexity index is 1340. The minimum absolute atomic E-state index is 0.0316. The first kappa shape index (κ1) is 24.8. The van der Waals surface area contributed by atoms with Crippen LogP contribution in [0.4, 0.5) is 24.0 Å². The van der Waals surface area contributed by atoms with Gasteiger partial charge in [-0.2, -0.15) is 13.2 Å². The van der Waals surface area contributed by atoms with E-state index < -0.39 is 17.2 Å². The number of alkyl halides is 3. The molecule has 0 radical (unpaired) electrons. The van der Waals surface area contributed by atoms with Crippen LogP contribution in [-0.4, -0.2) is 40.4 Å². The number of anilines is 2. The fourth-order valence-electron chi connectivity index (χ4n) is 3.54. The molecule has 7 nitrogen and oxygen atoms in total. The van der Waals surface area contributed by atoms with Crippen LogP contribution in [-0.2, 0) is 16.4 Å². The second-order valence-corrected chi connectivity index (χ2v) is 9.46. The molecule has 2 heterocycles. The standard InChI is InChI=1S/C23H19F3N4O3S2/c24-23(25,26)15-3-1-2-14(8-15)22(12-32,6-7-31)11-27-16-4-5-17-19(9-16)35-21(29-17)30-20(33)18-10-34-13-28-18/h1-5,8-10,12-13,27,31H,6-7,11H2,(H,29,30,33). The number of aliphatic hydroxyl groups is 1. The van der Waals surface area contributed by atoms with E-state index >= 15 is 0 Å². The largest absolute Gasteiger partial charge is 0.416 e. The molecule has 0 spiro atoms. The van der Waals surface area contributed by atoms with Crippen molar-refractivity contribution in [1.29, 1.82) is 0 Å². The van der Waals surface area contributed by atoms with E-state index in [1.54, 1.807) is 29.1 Å². The molecule has 0 aliphatic heterocycles. The van der Waals surface area contributed by atoms with Crippen LogP contribution in [0.1, 0.15) is 28.0 Å². The highest BCUT2D eigenvalue weighted by Crippen LogP contribution is 2.34. The summed E-state index contributed by atoms with van der Waals surface area (Å²) in [6.45, 7) is -0.414. The number of aliphatic hydroxyl groups excluding tert-OH is 1. The van der Waals surface area contributed by atoms with E-state index in [0.29, 0.717) is 28.3 Å². The summed E-state index contributed by atoms with van der Waals surface area (Å²) in [6.07, 6.45) is -4.04. The lowest BCUT2D eigenvalue weighted by Crippen LogP contribution is -2.37. The van der Waals surface area contributed by atoms with E-state index in [4.69, 9.17) is 0 Å². The van der Waals surface area contributed by atoms with Crippen molar-refractivity contribution in [1.82, 2.24) is 9.97 Å². The Morgan fingerprint density at radius 3 is 2.63 bits per heavy atom. The highest BCUT2D eigenvalue weighted by molar-refractivity contribution is 7.22. The van der Waals surface area contributed by atoms with E-state index in [9.17, 15) is 27.9 Å². The summed E-state index contributed by atoms with van der Waals surface area (Å²) in [4.78, 5) is 32.7. The molecule has 1 unspecified atom stereocenters. The van der Waals surface area contributed by atoms with Gasteiger partial charge in [-0.05, 0) is 36.2 Å². The molecule has 3 N–H and O–H groups in total. The van der Waals surface area contributed by atoms with Crippen molar-refractivity contribution in [3.8, 4) is 0 Å². The van der Waals surface area contributed by atoms with E-state index in [1.165, 1.54) is 34.8 Å². The maximum atomic E-state index is 13.2. The van der Waals surface area contributed by atoms with Crippen LogP contribution in [0.5, 0.6) is 0 Å². The zero-order chi connectivity index (χ0) is 25.1. The number of aromatic nitrogens is 2. The number of hydrogen-bond acceptors (Lipinski definition) is 8. The molecule has 4 aromatic rings. The number of benzene rings is 2. The van der Waals surface area contributed by atoms with E-state index in [2.05, 4.69) is 20.6 Å². The van der Waals surface area contributed by atoms with Crippen molar-refractivity contribution in [3.63, 3.8) is 0 Å². The van der Waals surface area contributed by atoms with Gasteiger partial charge in [0.1, 0.15) is 12.0 Å². The number of hydrogen-bond donors (Lipinski definition) is 3. The van der Waals surface area contributed by atoms with Gasteiger partial charge >= 0.3 is 6.18 Å². The van der Waals surface area contributed by atoms with Crippen molar-refractivity contribution in [2.24, 2.45) is 0 Å². The third kappa shape index (κ3) is 5.50. The molecule has 182 valence electrons. The number of fused-ring (bicyclic) bond motifs is 1. The number of amides is 1. The molecule has 4 rings (SSSR count). The topological polar surface area (TPSA) is 104 Å². The van der Waals surface area contributed by atoms with Gasteiger partial charge in [-0.25, -0.2) is 9.97 Å². The third-order valence-electron chi connectivity index (χ3n) is 5.43.